The Bertz CT molecular complexity index is 293. The van der Waals surface area contributed by atoms with Crippen molar-refractivity contribution in [2.45, 2.75) is 13.8 Å². The Morgan fingerprint density at radius 1 is 1.50 bits per heavy atom. The maximum absolute atomic E-state index is 5.41. The average molecular weight is 183 g/mol. The van der Waals surface area contributed by atoms with Crippen LogP contribution < -0.4 is 4.84 Å². The van der Waals surface area contributed by atoms with Crippen molar-refractivity contribution in [2.24, 2.45) is 5.92 Å². The van der Waals surface area contributed by atoms with Crippen LogP contribution in [0.1, 0.15) is 13.8 Å². The number of hydrogen-bond acceptors (Lipinski definition) is 2. The Morgan fingerprint density at radius 3 is 2.83 bits per heavy atom. The smallest absolute Gasteiger partial charge is 0.142 e. The average Bonchev–Trinajstić information content (AvgIpc) is 2.03. The first kappa shape index (κ1) is 9.26. The SMILES string of the molecule is CC(C)COn1ccccc1=S. The number of aromatic nitrogens is 1. The molecule has 0 aliphatic carbocycles. The van der Waals surface area contributed by atoms with Crippen LogP contribution in [0.5, 0.6) is 0 Å². The van der Waals surface area contributed by atoms with Gasteiger partial charge in [-0.1, -0.05) is 32.1 Å². The Kier molecular flexibility index (Phi) is 3.29. The zero-order valence-electron chi connectivity index (χ0n) is 7.36. The molecule has 0 atom stereocenters. The van der Waals surface area contributed by atoms with Gasteiger partial charge in [-0.05, 0) is 18.1 Å². The predicted octanol–water partition coefficient (Wildman–Crippen LogP) is 2.30. The second-order valence-corrected chi connectivity index (χ2v) is 3.47. The lowest BCUT2D eigenvalue weighted by Gasteiger charge is -2.10. The van der Waals surface area contributed by atoms with Crippen LogP contribution in [0.4, 0.5) is 0 Å². The quantitative estimate of drug-likeness (QED) is 0.667. The molecule has 1 rings (SSSR count). The highest BCUT2D eigenvalue weighted by atomic mass is 32.1. The van der Waals surface area contributed by atoms with Gasteiger partial charge < -0.3 is 4.84 Å². The van der Waals surface area contributed by atoms with Crippen LogP contribution in [0, 0.1) is 10.6 Å². The van der Waals surface area contributed by atoms with E-state index in [1.165, 1.54) is 0 Å². The van der Waals surface area contributed by atoms with Crippen molar-refractivity contribution in [3.8, 4) is 0 Å². The van der Waals surface area contributed by atoms with Crippen LogP contribution in [-0.4, -0.2) is 11.3 Å². The van der Waals surface area contributed by atoms with Crippen LogP contribution in [0.25, 0.3) is 0 Å². The molecule has 2 nitrogen and oxygen atoms in total. The molecular formula is C9H13NOS. The monoisotopic (exact) mass is 183 g/mol. The van der Waals surface area contributed by atoms with E-state index < -0.39 is 0 Å². The summed E-state index contributed by atoms with van der Waals surface area (Å²) >= 11 is 5.04. The van der Waals surface area contributed by atoms with Crippen molar-refractivity contribution in [1.29, 1.82) is 0 Å². The molecule has 0 saturated heterocycles. The van der Waals surface area contributed by atoms with Gasteiger partial charge in [0.15, 0.2) is 0 Å². The van der Waals surface area contributed by atoms with Gasteiger partial charge >= 0.3 is 0 Å². The molecule has 0 aliphatic rings. The summed E-state index contributed by atoms with van der Waals surface area (Å²) in [5, 5.41) is 0. The summed E-state index contributed by atoms with van der Waals surface area (Å²) in [6.45, 7) is 4.90. The van der Waals surface area contributed by atoms with Crippen molar-refractivity contribution >= 4 is 12.2 Å². The summed E-state index contributed by atoms with van der Waals surface area (Å²) in [5.41, 5.74) is 0. The van der Waals surface area contributed by atoms with Crippen molar-refractivity contribution in [1.82, 2.24) is 4.73 Å². The van der Waals surface area contributed by atoms with E-state index in [4.69, 9.17) is 17.1 Å². The lowest BCUT2D eigenvalue weighted by molar-refractivity contribution is 0.0850. The molecule has 0 aromatic carbocycles. The molecule has 1 heterocycles. The second-order valence-electron chi connectivity index (χ2n) is 3.05. The molecule has 1 aromatic heterocycles. The summed E-state index contributed by atoms with van der Waals surface area (Å²) in [5.74, 6) is 0.520. The van der Waals surface area contributed by atoms with E-state index in [9.17, 15) is 0 Å². The Balaban J connectivity index is 2.64. The molecule has 0 radical (unpaired) electrons. The standard InChI is InChI=1S/C9H13NOS/c1-8(2)7-11-10-6-4-3-5-9(10)12/h3-6,8H,7H2,1-2H3. The molecular weight excluding hydrogens is 170 g/mol. The zero-order chi connectivity index (χ0) is 8.97. The molecule has 0 saturated carbocycles. The fourth-order valence-electron chi connectivity index (χ4n) is 0.749. The second kappa shape index (κ2) is 4.26. The van der Waals surface area contributed by atoms with E-state index in [1.807, 2.05) is 24.4 Å². The third-order valence-electron chi connectivity index (χ3n) is 1.34. The van der Waals surface area contributed by atoms with Gasteiger partial charge in [0.25, 0.3) is 0 Å². The first-order chi connectivity index (χ1) is 5.70. The Morgan fingerprint density at radius 2 is 2.25 bits per heavy atom. The van der Waals surface area contributed by atoms with Crippen LogP contribution in [0.15, 0.2) is 24.4 Å². The van der Waals surface area contributed by atoms with Crippen LogP contribution in [0.2, 0.25) is 0 Å². The number of hydrogen-bond donors (Lipinski definition) is 0. The van der Waals surface area contributed by atoms with Gasteiger partial charge in [-0.3, -0.25) is 0 Å². The summed E-state index contributed by atoms with van der Waals surface area (Å²) in [4.78, 5) is 5.41. The molecule has 3 heteroatoms. The molecule has 12 heavy (non-hydrogen) atoms. The fourth-order valence-corrected chi connectivity index (χ4v) is 0.941. The highest BCUT2D eigenvalue weighted by molar-refractivity contribution is 7.71. The number of nitrogens with zero attached hydrogens (tertiary/aromatic N) is 1. The zero-order valence-corrected chi connectivity index (χ0v) is 8.17. The van der Waals surface area contributed by atoms with Gasteiger partial charge in [0.2, 0.25) is 0 Å². The summed E-state index contributed by atoms with van der Waals surface area (Å²) in [6.07, 6.45) is 1.82. The lowest BCUT2D eigenvalue weighted by Crippen LogP contribution is -2.16. The maximum atomic E-state index is 5.41. The normalized spacial score (nSPS) is 10.2. The molecule has 0 fully saturated rings. The first-order valence-electron chi connectivity index (χ1n) is 4.01. The van der Waals surface area contributed by atoms with Gasteiger partial charge in [-0.2, -0.15) is 4.73 Å². The third kappa shape index (κ3) is 2.66. The van der Waals surface area contributed by atoms with Crippen molar-refractivity contribution in [3.05, 3.63) is 29.0 Å². The van der Waals surface area contributed by atoms with E-state index in [-0.39, 0.29) is 0 Å². The number of pyridine rings is 1. The lowest BCUT2D eigenvalue weighted by atomic mass is 10.2. The molecule has 0 bridgehead atoms. The fraction of sp³-hybridized carbons (Fsp3) is 0.444. The van der Waals surface area contributed by atoms with Gasteiger partial charge in [0.05, 0.1) is 0 Å². The van der Waals surface area contributed by atoms with Crippen molar-refractivity contribution in [2.75, 3.05) is 6.61 Å². The van der Waals surface area contributed by atoms with Crippen LogP contribution in [0.3, 0.4) is 0 Å². The molecule has 0 N–H and O–H groups in total. The minimum Gasteiger partial charge on any atom is -0.413 e. The minimum absolute atomic E-state index is 0.520. The van der Waals surface area contributed by atoms with Crippen LogP contribution in [-0.2, 0) is 0 Å². The van der Waals surface area contributed by atoms with E-state index in [0.717, 1.165) is 0 Å². The maximum Gasteiger partial charge on any atom is 0.142 e. The molecule has 66 valence electrons. The largest absolute Gasteiger partial charge is 0.413 e. The summed E-state index contributed by atoms with van der Waals surface area (Å²) in [6, 6.07) is 5.64. The molecule has 0 spiro atoms. The molecule has 0 unspecified atom stereocenters. The van der Waals surface area contributed by atoms with Gasteiger partial charge in [-0.25, -0.2) is 0 Å². The van der Waals surface area contributed by atoms with E-state index in [2.05, 4.69) is 13.8 Å². The molecule has 0 aliphatic heterocycles. The minimum atomic E-state index is 0.520. The highest BCUT2D eigenvalue weighted by Crippen LogP contribution is 1.93. The topological polar surface area (TPSA) is 14.2 Å². The van der Waals surface area contributed by atoms with E-state index in [1.54, 1.807) is 4.73 Å². The van der Waals surface area contributed by atoms with E-state index >= 15 is 0 Å². The van der Waals surface area contributed by atoms with Gasteiger partial charge in [0.1, 0.15) is 11.2 Å². The summed E-state index contributed by atoms with van der Waals surface area (Å²) < 4.78 is 2.33. The Hall–Kier alpha value is -0.830. The van der Waals surface area contributed by atoms with Gasteiger partial charge in [-0.15, -0.1) is 0 Å². The summed E-state index contributed by atoms with van der Waals surface area (Å²) in [7, 11) is 0. The molecule has 0 amide bonds. The van der Waals surface area contributed by atoms with Crippen LogP contribution >= 0.6 is 12.2 Å². The van der Waals surface area contributed by atoms with Crippen molar-refractivity contribution < 1.29 is 4.84 Å². The predicted molar refractivity (Wildman–Crippen MR) is 51.6 cm³/mol. The third-order valence-corrected chi connectivity index (χ3v) is 1.65. The molecule has 1 aromatic rings. The van der Waals surface area contributed by atoms with Crippen molar-refractivity contribution in [3.63, 3.8) is 0 Å². The number of rotatable bonds is 3. The highest BCUT2D eigenvalue weighted by Gasteiger charge is 1.94. The van der Waals surface area contributed by atoms with E-state index in [0.29, 0.717) is 17.2 Å². The Labute approximate surface area is 77.7 Å². The first-order valence-corrected chi connectivity index (χ1v) is 4.42. The van der Waals surface area contributed by atoms with Gasteiger partial charge in [0, 0.05) is 6.20 Å².